The Balaban J connectivity index is 3.39. The Morgan fingerprint density at radius 1 is 1.37 bits per heavy atom. The molecule has 0 heterocycles. The van der Waals surface area contributed by atoms with Gasteiger partial charge in [-0.1, -0.05) is 18.3 Å². The average molecular weight is 302 g/mol. The third-order valence-electron chi connectivity index (χ3n) is 2.55. The second-order valence-corrected chi connectivity index (χ2v) is 7.84. The van der Waals surface area contributed by atoms with Crippen molar-refractivity contribution in [1.82, 2.24) is 0 Å². The van der Waals surface area contributed by atoms with Gasteiger partial charge in [0.1, 0.15) is 16.4 Å². The molecule has 0 saturated heterocycles. The van der Waals surface area contributed by atoms with Crippen molar-refractivity contribution in [3.05, 3.63) is 23.8 Å². The number of anilines is 1. The molecule has 1 aromatic carbocycles. The van der Waals surface area contributed by atoms with Gasteiger partial charge in [0.15, 0.2) is 0 Å². The lowest BCUT2D eigenvalue weighted by atomic mass is 10.1. The summed E-state index contributed by atoms with van der Waals surface area (Å²) in [5.74, 6) is 0.373. The van der Waals surface area contributed by atoms with Crippen molar-refractivity contribution >= 4 is 32.9 Å². The highest BCUT2D eigenvalue weighted by molar-refractivity contribution is 7.94. The summed E-state index contributed by atoms with van der Waals surface area (Å²) in [5, 5.41) is 0. The van der Waals surface area contributed by atoms with Crippen molar-refractivity contribution in [1.29, 1.82) is 0 Å². The van der Waals surface area contributed by atoms with E-state index in [-0.39, 0.29) is 10.7 Å². The number of nitrogens with two attached hydrogens (primary N) is 1. The monoisotopic (exact) mass is 302 g/mol. The molecule has 0 spiro atoms. The second-order valence-electron chi connectivity index (χ2n) is 4.96. The number of ether oxygens (including phenoxy) is 1. The number of thiocarbonyl (C=S) groups is 1. The van der Waals surface area contributed by atoms with E-state index in [1.807, 2.05) is 0 Å². The van der Waals surface area contributed by atoms with E-state index in [2.05, 4.69) is 4.72 Å². The third kappa shape index (κ3) is 3.36. The molecule has 0 aliphatic rings. The summed E-state index contributed by atoms with van der Waals surface area (Å²) < 4.78 is 31.1. The molecule has 19 heavy (non-hydrogen) atoms. The van der Waals surface area contributed by atoms with Crippen LogP contribution in [0.3, 0.4) is 0 Å². The summed E-state index contributed by atoms with van der Waals surface area (Å²) in [4.78, 5) is 0.102. The third-order valence-corrected chi connectivity index (χ3v) is 4.86. The Morgan fingerprint density at radius 2 is 1.95 bits per heavy atom. The molecule has 1 aromatic rings. The van der Waals surface area contributed by atoms with Crippen molar-refractivity contribution in [2.45, 2.75) is 25.5 Å². The average Bonchev–Trinajstić information content (AvgIpc) is 2.26. The second kappa shape index (κ2) is 5.34. The van der Waals surface area contributed by atoms with Crippen LogP contribution in [0, 0.1) is 0 Å². The fourth-order valence-electron chi connectivity index (χ4n) is 1.30. The van der Waals surface area contributed by atoms with Gasteiger partial charge in [-0.2, -0.15) is 0 Å². The zero-order valence-corrected chi connectivity index (χ0v) is 13.0. The van der Waals surface area contributed by atoms with Crippen LogP contribution >= 0.6 is 12.2 Å². The molecule has 5 nitrogen and oxygen atoms in total. The molecule has 0 radical (unpaired) electrons. The molecule has 106 valence electrons. The van der Waals surface area contributed by atoms with Gasteiger partial charge in [0.25, 0.3) is 0 Å². The van der Waals surface area contributed by atoms with Crippen molar-refractivity contribution in [3.63, 3.8) is 0 Å². The molecule has 0 aliphatic carbocycles. The van der Waals surface area contributed by atoms with Gasteiger partial charge in [0.2, 0.25) is 10.0 Å². The Kier molecular flexibility index (Phi) is 4.42. The zero-order valence-electron chi connectivity index (χ0n) is 11.4. The van der Waals surface area contributed by atoms with E-state index in [9.17, 15) is 8.42 Å². The first-order valence-corrected chi connectivity index (χ1v) is 7.48. The van der Waals surface area contributed by atoms with Crippen LogP contribution in [-0.4, -0.2) is 25.3 Å². The highest BCUT2D eigenvalue weighted by Crippen LogP contribution is 2.31. The quantitative estimate of drug-likeness (QED) is 0.830. The maximum Gasteiger partial charge on any atom is 0.237 e. The van der Waals surface area contributed by atoms with Crippen LogP contribution in [-0.2, 0) is 10.0 Å². The van der Waals surface area contributed by atoms with Gasteiger partial charge in [-0.05, 0) is 32.9 Å². The van der Waals surface area contributed by atoms with E-state index in [1.54, 1.807) is 39.0 Å². The van der Waals surface area contributed by atoms with E-state index in [0.717, 1.165) is 0 Å². The minimum atomic E-state index is -3.58. The normalized spacial score (nSPS) is 12.0. The molecule has 0 saturated carbocycles. The fraction of sp³-hybridized carbons (Fsp3) is 0.417. The molecule has 0 unspecified atom stereocenters. The number of sulfonamides is 1. The van der Waals surface area contributed by atoms with E-state index in [0.29, 0.717) is 11.3 Å². The van der Waals surface area contributed by atoms with Gasteiger partial charge in [-0.3, -0.25) is 4.72 Å². The topological polar surface area (TPSA) is 81.4 Å². The number of nitrogens with one attached hydrogen (secondary N) is 1. The van der Waals surface area contributed by atoms with Crippen molar-refractivity contribution in [3.8, 4) is 5.75 Å². The van der Waals surface area contributed by atoms with Gasteiger partial charge in [-0.25, -0.2) is 8.42 Å². The fourth-order valence-corrected chi connectivity index (χ4v) is 2.25. The minimum Gasteiger partial charge on any atom is -0.495 e. The van der Waals surface area contributed by atoms with Gasteiger partial charge >= 0.3 is 0 Å². The van der Waals surface area contributed by atoms with Crippen molar-refractivity contribution < 1.29 is 13.2 Å². The van der Waals surface area contributed by atoms with Crippen molar-refractivity contribution in [2.24, 2.45) is 5.73 Å². The lowest BCUT2D eigenvalue weighted by Crippen LogP contribution is -2.34. The zero-order chi connectivity index (χ0) is 14.8. The summed E-state index contributed by atoms with van der Waals surface area (Å²) in [6.07, 6.45) is 0. The van der Waals surface area contributed by atoms with Gasteiger partial charge in [0, 0.05) is 5.56 Å². The number of rotatable bonds is 4. The van der Waals surface area contributed by atoms with Gasteiger partial charge in [0.05, 0.1) is 11.9 Å². The summed E-state index contributed by atoms with van der Waals surface area (Å²) in [6.45, 7) is 4.81. The Hall–Kier alpha value is -1.34. The maximum atomic E-state index is 12.2. The lowest BCUT2D eigenvalue weighted by Gasteiger charge is -2.22. The number of methoxy groups -OCH3 is 1. The van der Waals surface area contributed by atoms with Crippen LogP contribution in [0.4, 0.5) is 5.69 Å². The van der Waals surface area contributed by atoms with Crippen LogP contribution in [0.25, 0.3) is 0 Å². The number of hydrogen-bond donors (Lipinski definition) is 2. The number of para-hydroxylation sites is 1. The number of hydrogen-bond acceptors (Lipinski definition) is 4. The standard InChI is InChI=1S/C12H18N2O3S2/c1-12(2,3)19(15,16)14-10-8(11(13)18)6-5-7-9(10)17-4/h5-7,14H,1-4H3,(H2,13,18). The van der Waals surface area contributed by atoms with Gasteiger partial charge in [-0.15, -0.1) is 0 Å². The van der Waals surface area contributed by atoms with Crippen LogP contribution in [0.1, 0.15) is 26.3 Å². The molecule has 0 aliphatic heterocycles. The highest BCUT2D eigenvalue weighted by Gasteiger charge is 2.30. The van der Waals surface area contributed by atoms with E-state index >= 15 is 0 Å². The molecular weight excluding hydrogens is 284 g/mol. The lowest BCUT2D eigenvalue weighted by molar-refractivity contribution is 0.416. The molecule has 0 fully saturated rings. The molecule has 0 amide bonds. The summed E-state index contributed by atoms with van der Waals surface area (Å²) in [5.41, 5.74) is 6.31. The Morgan fingerprint density at radius 3 is 2.37 bits per heavy atom. The first-order valence-electron chi connectivity index (χ1n) is 5.59. The van der Waals surface area contributed by atoms with Gasteiger partial charge < -0.3 is 10.5 Å². The predicted molar refractivity (Wildman–Crippen MR) is 81.2 cm³/mol. The van der Waals surface area contributed by atoms with Crippen LogP contribution in [0.2, 0.25) is 0 Å². The maximum absolute atomic E-state index is 12.2. The predicted octanol–water partition coefficient (Wildman–Crippen LogP) is 1.87. The van der Waals surface area contributed by atoms with Crippen LogP contribution in [0.15, 0.2) is 18.2 Å². The molecular formula is C12H18N2O3S2. The summed E-state index contributed by atoms with van der Waals surface area (Å²) in [7, 11) is -2.13. The van der Waals surface area contributed by atoms with Crippen LogP contribution < -0.4 is 15.2 Å². The molecule has 1 rings (SSSR count). The number of benzene rings is 1. The smallest absolute Gasteiger partial charge is 0.237 e. The first kappa shape index (κ1) is 15.7. The van der Waals surface area contributed by atoms with E-state index in [4.69, 9.17) is 22.7 Å². The summed E-state index contributed by atoms with van der Waals surface area (Å²) in [6, 6.07) is 4.98. The highest BCUT2D eigenvalue weighted by atomic mass is 32.2. The molecule has 0 atom stereocenters. The molecule has 0 aromatic heterocycles. The first-order chi connectivity index (χ1) is 8.60. The van der Waals surface area contributed by atoms with E-state index < -0.39 is 14.8 Å². The molecule has 7 heteroatoms. The SMILES string of the molecule is COc1cccc(C(N)=S)c1NS(=O)(=O)C(C)(C)C. The Bertz CT molecular complexity index is 589. The van der Waals surface area contributed by atoms with Crippen molar-refractivity contribution in [2.75, 3.05) is 11.8 Å². The minimum absolute atomic E-state index is 0.102. The largest absolute Gasteiger partial charge is 0.495 e. The molecule has 3 N–H and O–H groups in total. The Labute approximate surface area is 119 Å². The van der Waals surface area contributed by atoms with E-state index in [1.165, 1.54) is 7.11 Å². The molecule has 0 bridgehead atoms. The van der Waals surface area contributed by atoms with Crippen LogP contribution in [0.5, 0.6) is 5.75 Å². The summed E-state index contributed by atoms with van der Waals surface area (Å²) >= 11 is 4.93.